The predicted octanol–water partition coefficient (Wildman–Crippen LogP) is 2.18. The van der Waals surface area contributed by atoms with E-state index in [4.69, 9.17) is 4.74 Å². The van der Waals surface area contributed by atoms with E-state index in [-0.39, 0.29) is 5.72 Å². The molecule has 3 heteroatoms. The zero-order chi connectivity index (χ0) is 9.31. The van der Waals surface area contributed by atoms with E-state index in [0.717, 1.165) is 13.2 Å². The quantitative estimate of drug-likeness (QED) is 0.745. The van der Waals surface area contributed by atoms with Gasteiger partial charge < -0.3 is 4.74 Å². The smallest absolute Gasteiger partial charge is 0.151 e. The third-order valence-corrected chi connectivity index (χ3v) is 3.51. The van der Waals surface area contributed by atoms with E-state index in [2.05, 4.69) is 36.7 Å². The van der Waals surface area contributed by atoms with Gasteiger partial charge in [-0.3, -0.25) is 5.32 Å². The number of hydrogen-bond donors (Lipinski definition) is 1. The van der Waals surface area contributed by atoms with Gasteiger partial charge in [0, 0.05) is 6.54 Å². The fourth-order valence-electron chi connectivity index (χ4n) is 1.50. The van der Waals surface area contributed by atoms with Crippen LogP contribution in [0.4, 0.5) is 0 Å². The molecule has 0 radical (unpaired) electrons. The summed E-state index contributed by atoms with van der Waals surface area (Å²) in [5.41, 5.74) is -0.249. The highest BCUT2D eigenvalue weighted by molar-refractivity contribution is 7.10. The van der Waals surface area contributed by atoms with Gasteiger partial charge in [-0.1, -0.05) is 13.0 Å². The van der Waals surface area contributed by atoms with Gasteiger partial charge in [-0.05, 0) is 24.3 Å². The molecule has 0 bridgehead atoms. The molecule has 2 heterocycles. The van der Waals surface area contributed by atoms with Crippen molar-refractivity contribution in [2.75, 3.05) is 13.2 Å². The molecule has 0 amide bonds. The lowest BCUT2D eigenvalue weighted by atomic mass is 10.1. The van der Waals surface area contributed by atoms with E-state index < -0.39 is 0 Å². The van der Waals surface area contributed by atoms with Gasteiger partial charge in [0.1, 0.15) is 0 Å². The average molecular weight is 197 g/mol. The van der Waals surface area contributed by atoms with Crippen LogP contribution in [0.1, 0.15) is 18.7 Å². The first-order valence-corrected chi connectivity index (χ1v) is 5.52. The Morgan fingerprint density at radius 1 is 1.69 bits per heavy atom. The lowest BCUT2D eigenvalue weighted by Crippen LogP contribution is -2.49. The molecule has 1 fully saturated rings. The molecule has 2 rings (SSSR count). The third kappa shape index (κ3) is 1.77. The Kier molecular flexibility index (Phi) is 2.41. The molecule has 1 aliphatic heterocycles. The van der Waals surface area contributed by atoms with E-state index in [0.29, 0.717) is 5.92 Å². The largest absolute Gasteiger partial charge is 0.355 e. The maximum absolute atomic E-state index is 5.82. The molecule has 2 unspecified atom stereocenters. The fraction of sp³-hybridized carbons (Fsp3) is 0.600. The lowest BCUT2D eigenvalue weighted by molar-refractivity contribution is -0.104. The SMILES string of the molecule is CC1CNC(C)(c2cccs2)OC1. The summed E-state index contributed by atoms with van der Waals surface area (Å²) in [5.74, 6) is 0.619. The van der Waals surface area contributed by atoms with E-state index in [1.807, 2.05) is 0 Å². The van der Waals surface area contributed by atoms with Crippen molar-refractivity contribution < 1.29 is 4.74 Å². The maximum Gasteiger partial charge on any atom is 0.151 e. The predicted molar refractivity (Wildman–Crippen MR) is 54.8 cm³/mol. The van der Waals surface area contributed by atoms with Crippen LogP contribution < -0.4 is 5.32 Å². The van der Waals surface area contributed by atoms with Crippen molar-refractivity contribution >= 4 is 11.3 Å². The molecular formula is C10H15NOS. The summed E-state index contributed by atoms with van der Waals surface area (Å²) in [6.45, 7) is 6.18. The van der Waals surface area contributed by atoms with E-state index in [1.54, 1.807) is 11.3 Å². The summed E-state index contributed by atoms with van der Waals surface area (Å²) >= 11 is 1.74. The van der Waals surface area contributed by atoms with Gasteiger partial charge in [-0.25, -0.2) is 0 Å². The van der Waals surface area contributed by atoms with Crippen LogP contribution in [0.15, 0.2) is 17.5 Å². The molecule has 1 aliphatic rings. The second-order valence-corrected chi connectivity index (χ2v) is 4.76. The van der Waals surface area contributed by atoms with Crippen LogP contribution in [-0.2, 0) is 10.5 Å². The molecule has 1 N–H and O–H groups in total. The summed E-state index contributed by atoms with van der Waals surface area (Å²) in [7, 11) is 0. The summed E-state index contributed by atoms with van der Waals surface area (Å²) in [6.07, 6.45) is 0. The molecule has 13 heavy (non-hydrogen) atoms. The first-order valence-electron chi connectivity index (χ1n) is 4.64. The van der Waals surface area contributed by atoms with Crippen molar-refractivity contribution in [2.24, 2.45) is 5.92 Å². The Morgan fingerprint density at radius 2 is 2.54 bits per heavy atom. The van der Waals surface area contributed by atoms with Crippen LogP contribution >= 0.6 is 11.3 Å². The topological polar surface area (TPSA) is 21.3 Å². The van der Waals surface area contributed by atoms with Gasteiger partial charge in [0.25, 0.3) is 0 Å². The van der Waals surface area contributed by atoms with E-state index >= 15 is 0 Å². The highest BCUT2D eigenvalue weighted by atomic mass is 32.1. The summed E-state index contributed by atoms with van der Waals surface area (Å²) in [4.78, 5) is 1.26. The van der Waals surface area contributed by atoms with Crippen LogP contribution in [0.25, 0.3) is 0 Å². The first kappa shape index (κ1) is 9.19. The molecule has 2 nitrogen and oxygen atoms in total. The van der Waals surface area contributed by atoms with Crippen molar-refractivity contribution in [2.45, 2.75) is 19.6 Å². The summed E-state index contributed by atoms with van der Waals surface area (Å²) in [5, 5.41) is 5.52. The van der Waals surface area contributed by atoms with Gasteiger partial charge in [0.2, 0.25) is 0 Å². The maximum atomic E-state index is 5.82. The van der Waals surface area contributed by atoms with Gasteiger partial charge in [0.05, 0.1) is 11.5 Å². The summed E-state index contributed by atoms with van der Waals surface area (Å²) < 4.78 is 5.82. The van der Waals surface area contributed by atoms with Crippen molar-refractivity contribution in [3.8, 4) is 0 Å². The zero-order valence-electron chi connectivity index (χ0n) is 8.04. The Labute approximate surface area is 82.9 Å². The van der Waals surface area contributed by atoms with E-state index in [9.17, 15) is 0 Å². The number of nitrogens with one attached hydrogen (secondary N) is 1. The second kappa shape index (κ2) is 3.40. The number of rotatable bonds is 1. The average Bonchev–Trinajstić information content (AvgIpc) is 2.63. The van der Waals surface area contributed by atoms with Crippen LogP contribution in [0.5, 0.6) is 0 Å². The molecular weight excluding hydrogens is 182 g/mol. The van der Waals surface area contributed by atoms with E-state index in [1.165, 1.54) is 4.88 Å². The van der Waals surface area contributed by atoms with Crippen LogP contribution in [0, 0.1) is 5.92 Å². The number of ether oxygens (including phenoxy) is 1. The van der Waals surface area contributed by atoms with Crippen molar-refractivity contribution in [1.82, 2.24) is 5.32 Å². The highest BCUT2D eigenvalue weighted by Crippen LogP contribution is 2.29. The van der Waals surface area contributed by atoms with Crippen molar-refractivity contribution in [3.05, 3.63) is 22.4 Å². The van der Waals surface area contributed by atoms with Crippen LogP contribution in [0.2, 0.25) is 0 Å². The Balaban J connectivity index is 2.13. The minimum absolute atomic E-state index is 0.249. The minimum atomic E-state index is -0.249. The summed E-state index contributed by atoms with van der Waals surface area (Å²) in [6, 6.07) is 4.18. The Bertz CT molecular complexity index is 262. The normalized spacial score (nSPS) is 34.8. The molecule has 2 atom stereocenters. The van der Waals surface area contributed by atoms with Crippen molar-refractivity contribution in [3.63, 3.8) is 0 Å². The third-order valence-electron chi connectivity index (χ3n) is 2.44. The number of thiophene rings is 1. The molecule has 0 aliphatic carbocycles. The monoisotopic (exact) mass is 197 g/mol. The molecule has 0 saturated carbocycles. The number of hydrogen-bond acceptors (Lipinski definition) is 3. The standard InChI is InChI=1S/C10H15NOS/c1-8-6-11-10(2,12-7-8)9-4-3-5-13-9/h3-5,8,11H,6-7H2,1-2H3. The second-order valence-electron chi connectivity index (χ2n) is 3.81. The van der Waals surface area contributed by atoms with Crippen molar-refractivity contribution in [1.29, 1.82) is 0 Å². The Hall–Kier alpha value is -0.380. The zero-order valence-corrected chi connectivity index (χ0v) is 8.86. The lowest BCUT2D eigenvalue weighted by Gasteiger charge is -2.37. The van der Waals surface area contributed by atoms with Crippen LogP contribution in [-0.4, -0.2) is 13.2 Å². The molecule has 0 aromatic carbocycles. The molecule has 1 saturated heterocycles. The molecule has 1 aromatic rings. The Morgan fingerprint density at radius 3 is 3.08 bits per heavy atom. The molecule has 0 spiro atoms. The van der Waals surface area contributed by atoms with Gasteiger partial charge in [0.15, 0.2) is 5.72 Å². The van der Waals surface area contributed by atoms with Crippen LogP contribution in [0.3, 0.4) is 0 Å². The molecule has 1 aromatic heterocycles. The van der Waals surface area contributed by atoms with Gasteiger partial charge in [-0.2, -0.15) is 0 Å². The minimum Gasteiger partial charge on any atom is -0.355 e. The first-order chi connectivity index (χ1) is 6.21. The fourth-order valence-corrected chi connectivity index (χ4v) is 2.31. The van der Waals surface area contributed by atoms with Gasteiger partial charge >= 0.3 is 0 Å². The highest BCUT2D eigenvalue weighted by Gasteiger charge is 2.32. The molecule has 72 valence electrons. The van der Waals surface area contributed by atoms with Gasteiger partial charge in [-0.15, -0.1) is 11.3 Å².